The van der Waals surface area contributed by atoms with Gasteiger partial charge in [0.2, 0.25) is 10.0 Å². The van der Waals surface area contributed by atoms with E-state index in [9.17, 15) is 13.5 Å². The Hall–Kier alpha value is -2.74. The molecule has 4 rings (SSSR count). The molecule has 2 atom stereocenters. The number of anilines is 1. The molecule has 0 saturated carbocycles. The minimum Gasteiger partial charge on any atom is -0.391 e. The first kappa shape index (κ1) is 20.5. The summed E-state index contributed by atoms with van der Waals surface area (Å²) in [5, 5.41) is 13.9. The van der Waals surface area contributed by atoms with E-state index in [2.05, 4.69) is 15.0 Å². The van der Waals surface area contributed by atoms with Crippen molar-refractivity contribution in [2.24, 2.45) is 0 Å². The molecule has 0 aliphatic heterocycles. The standard InChI is InChI=1S/C23H25N3O3S/c1-2-16-5-9-20(10-6-16)30(28,29)26-23-21-13-19(8-7-18(21)12-22(23)27)25-15-17-4-3-11-24-14-17/h3-11,13-14,22-23,25-27H,2,12,15H2,1H3. The van der Waals surface area contributed by atoms with E-state index in [1.54, 1.807) is 24.5 Å². The summed E-state index contributed by atoms with van der Waals surface area (Å²) in [5.41, 5.74) is 4.73. The van der Waals surface area contributed by atoms with Gasteiger partial charge in [0.25, 0.3) is 0 Å². The van der Waals surface area contributed by atoms with Gasteiger partial charge in [0.1, 0.15) is 0 Å². The Kier molecular flexibility index (Phi) is 5.85. The number of hydrogen-bond acceptors (Lipinski definition) is 5. The number of nitrogens with one attached hydrogen (secondary N) is 2. The molecule has 1 aromatic heterocycles. The number of nitrogens with zero attached hydrogens (tertiary/aromatic N) is 1. The van der Waals surface area contributed by atoms with Crippen LogP contribution in [0.3, 0.4) is 0 Å². The molecule has 0 bridgehead atoms. The molecule has 2 aromatic carbocycles. The quantitative estimate of drug-likeness (QED) is 0.543. The Balaban J connectivity index is 1.54. The molecule has 1 aliphatic carbocycles. The Morgan fingerprint density at radius 1 is 1.10 bits per heavy atom. The molecule has 3 aromatic rings. The van der Waals surface area contributed by atoms with E-state index in [-0.39, 0.29) is 4.90 Å². The third kappa shape index (κ3) is 4.38. The molecule has 7 heteroatoms. The van der Waals surface area contributed by atoms with Crippen LogP contribution in [0.4, 0.5) is 5.69 Å². The van der Waals surface area contributed by atoms with Gasteiger partial charge in [-0.2, -0.15) is 0 Å². The number of benzene rings is 2. The summed E-state index contributed by atoms with van der Waals surface area (Å²) in [6.07, 6.45) is 3.98. The van der Waals surface area contributed by atoms with Crippen LogP contribution < -0.4 is 10.0 Å². The van der Waals surface area contributed by atoms with Gasteiger partial charge in [-0.3, -0.25) is 4.98 Å². The zero-order chi connectivity index (χ0) is 21.1. The molecule has 0 radical (unpaired) electrons. The molecule has 3 N–H and O–H groups in total. The van der Waals surface area contributed by atoms with E-state index in [0.29, 0.717) is 13.0 Å². The van der Waals surface area contributed by atoms with Gasteiger partial charge >= 0.3 is 0 Å². The Bertz CT molecular complexity index is 1120. The van der Waals surface area contributed by atoms with Crippen molar-refractivity contribution < 1.29 is 13.5 Å². The number of pyridine rings is 1. The van der Waals surface area contributed by atoms with Crippen LogP contribution in [0.25, 0.3) is 0 Å². The summed E-state index contributed by atoms with van der Waals surface area (Å²) in [6, 6.07) is 15.8. The van der Waals surface area contributed by atoms with Crippen LogP contribution in [-0.2, 0) is 29.4 Å². The molecule has 0 amide bonds. The number of aliphatic hydroxyl groups excluding tert-OH is 1. The maximum Gasteiger partial charge on any atom is 0.241 e. The lowest BCUT2D eigenvalue weighted by Gasteiger charge is -2.19. The van der Waals surface area contributed by atoms with Crippen molar-refractivity contribution in [3.8, 4) is 0 Å². The Morgan fingerprint density at radius 3 is 2.60 bits per heavy atom. The summed E-state index contributed by atoms with van der Waals surface area (Å²) in [7, 11) is -3.75. The molecule has 1 heterocycles. The molecule has 2 unspecified atom stereocenters. The minimum atomic E-state index is -3.75. The summed E-state index contributed by atoms with van der Waals surface area (Å²) < 4.78 is 28.5. The van der Waals surface area contributed by atoms with E-state index in [1.165, 1.54) is 0 Å². The van der Waals surface area contributed by atoms with Crippen molar-refractivity contribution in [1.82, 2.24) is 9.71 Å². The van der Waals surface area contributed by atoms with Crippen molar-refractivity contribution in [3.05, 3.63) is 89.2 Å². The molecular formula is C23H25N3O3S. The fraction of sp³-hybridized carbons (Fsp3) is 0.261. The molecule has 1 aliphatic rings. The first-order valence-electron chi connectivity index (χ1n) is 10.0. The summed E-state index contributed by atoms with van der Waals surface area (Å²) in [6.45, 7) is 2.63. The van der Waals surface area contributed by atoms with Crippen LogP contribution in [-0.4, -0.2) is 24.6 Å². The minimum absolute atomic E-state index is 0.200. The lowest BCUT2D eigenvalue weighted by Crippen LogP contribution is -2.33. The van der Waals surface area contributed by atoms with Gasteiger partial charge in [-0.15, -0.1) is 0 Å². The van der Waals surface area contributed by atoms with Gasteiger partial charge in [0.15, 0.2) is 0 Å². The number of rotatable bonds is 7. The highest BCUT2D eigenvalue weighted by Gasteiger charge is 2.34. The second-order valence-corrected chi connectivity index (χ2v) is 9.21. The predicted octanol–water partition coefficient (Wildman–Crippen LogP) is 3.19. The number of aliphatic hydroxyl groups is 1. The third-order valence-electron chi connectivity index (χ3n) is 5.44. The molecular weight excluding hydrogens is 398 g/mol. The van der Waals surface area contributed by atoms with E-state index in [0.717, 1.165) is 34.4 Å². The third-order valence-corrected chi connectivity index (χ3v) is 6.90. The molecule has 0 fully saturated rings. The average molecular weight is 424 g/mol. The lowest BCUT2D eigenvalue weighted by atomic mass is 10.1. The zero-order valence-corrected chi connectivity index (χ0v) is 17.6. The van der Waals surface area contributed by atoms with Crippen LogP contribution >= 0.6 is 0 Å². The highest BCUT2D eigenvalue weighted by Crippen LogP contribution is 2.34. The number of fused-ring (bicyclic) bond motifs is 1. The normalized spacial score (nSPS) is 18.2. The molecule has 0 saturated heterocycles. The number of aryl methyl sites for hydroxylation is 1. The monoisotopic (exact) mass is 423 g/mol. The van der Waals surface area contributed by atoms with Crippen LogP contribution in [0.2, 0.25) is 0 Å². The first-order chi connectivity index (χ1) is 14.5. The van der Waals surface area contributed by atoms with Crippen molar-refractivity contribution >= 4 is 15.7 Å². The van der Waals surface area contributed by atoms with E-state index in [1.807, 2.05) is 49.4 Å². The van der Waals surface area contributed by atoms with Crippen LogP contribution in [0.15, 0.2) is 71.9 Å². The van der Waals surface area contributed by atoms with Gasteiger partial charge in [0.05, 0.1) is 17.0 Å². The fourth-order valence-electron chi connectivity index (χ4n) is 3.72. The van der Waals surface area contributed by atoms with E-state index < -0.39 is 22.2 Å². The highest BCUT2D eigenvalue weighted by atomic mass is 32.2. The zero-order valence-electron chi connectivity index (χ0n) is 16.7. The molecule has 6 nitrogen and oxygen atoms in total. The summed E-state index contributed by atoms with van der Waals surface area (Å²) in [4.78, 5) is 4.31. The highest BCUT2D eigenvalue weighted by molar-refractivity contribution is 7.89. The molecule has 156 valence electrons. The van der Waals surface area contributed by atoms with Crippen molar-refractivity contribution in [2.45, 2.75) is 43.4 Å². The van der Waals surface area contributed by atoms with Crippen LogP contribution in [0.5, 0.6) is 0 Å². The Morgan fingerprint density at radius 2 is 1.90 bits per heavy atom. The van der Waals surface area contributed by atoms with E-state index in [4.69, 9.17) is 0 Å². The number of hydrogen-bond donors (Lipinski definition) is 3. The van der Waals surface area contributed by atoms with Gasteiger partial charge in [-0.05, 0) is 59.0 Å². The maximum atomic E-state index is 12.9. The molecule has 30 heavy (non-hydrogen) atoms. The first-order valence-corrected chi connectivity index (χ1v) is 11.5. The maximum absolute atomic E-state index is 12.9. The van der Waals surface area contributed by atoms with Gasteiger partial charge in [0, 0.05) is 31.0 Å². The van der Waals surface area contributed by atoms with Crippen molar-refractivity contribution in [3.63, 3.8) is 0 Å². The largest absolute Gasteiger partial charge is 0.391 e. The van der Waals surface area contributed by atoms with E-state index >= 15 is 0 Å². The SMILES string of the molecule is CCc1ccc(S(=O)(=O)NC2c3cc(NCc4cccnc4)ccc3CC2O)cc1. The van der Waals surface area contributed by atoms with Gasteiger partial charge in [-0.1, -0.05) is 31.2 Å². The second kappa shape index (κ2) is 8.55. The predicted molar refractivity (Wildman–Crippen MR) is 117 cm³/mol. The lowest BCUT2D eigenvalue weighted by molar-refractivity contribution is 0.151. The van der Waals surface area contributed by atoms with Gasteiger partial charge in [-0.25, -0.2) is 13.1 Å². The summed E-state index contributed by atoms with van der Waals surface area (Å²) >= 11 is 0. The van der Waals surface area contributed by atoms with Crippen molar-refractivity contribution in [2.75, 3.05) is 5.32 Å². The second-order valence-electron chi connectivity index (χ2n) is 7.50. The van der Waals surface area contributed by atoms with Crippen LogP contribution in [0, 0.1) is 0 Å². The number of sulfonamides is 1. The average Bonchev–Trinajstić information content (AvgIpc) is 3.07. The molecule has 0 spiro atoms. The topological polar surface area (TPSA) is 91.3 Å². The summed E-state index contributed by atoms with van der Waals surface area (Å²) in [5.74, 6) is 0. The van der Waals surface area contributed by atoms with Crippen LogP contribution in [0.1, 0.15) is 35.2 Å². The number of aromatic nitrogens is 1. The Labute approximate surface area is 177 Å². The van der Waals surface area contributed by atoms with Gasteiger partial charge < -0.3 is 10.4 Å². The smallest absolute Gasteiger partial charge is 0.241 e. The van der Waals surface area contributed by atoms with Crippen molar-refractivity contribution in [1.29, 1.82) is 0 Å². The fourth-order valence-corrected chi connectivity index (χ4v) is 4.97.